The molecule has 1 aliphatic heterocycles. The van der Waals surface area contributed by atoms with Gasteiger partial charge in [-0.1, -0.05) is 25.1 Å². The predicted octanol–water partition coefficient (Wildman–Crippen LogP) is 3.83. The molecule has 5 heteroatoms. The van der Waals surface area contributed by atoms with Crippen molar-refractivity contribution in [3.05, 3.63) is 41.1 Å². The Kier molecular flexibility index (Phi) is 5.55. The summed E-state index contributed by atoms with van der Waals surface area (Å²) in [5, 5.41) is 0. The van der Waals surface area contributed by atoms with Gasteiger partial charge in [0.1, 0.15) is 11.7 Å². The molecule has 0 radical (unpaired) electrons. The number of hydrogen-bond acceptors (Lipinski definition) is 5. The molecule has 5 nitrogen and oxygen atoms in total. The summed E-state index contributed by atoms with van der Waals surface area (Å²) >= 11 is 0. The van der Waals surface area contributed by atoms with Gasteiger partial charge >= 0.3 is 5.97 Å². The lowest BCUT2D eigenvalue weighted by atomic mass is 9.71. The van der Waals surface area contributed by atoms with Crippen LogP contribution in [0.25, 0.3) is 0 Å². The number of carbonyl (C=O) groups excluding carboxylic acids is 2. The highest BCUT2D eigenvalue weighted by molar-refractivity contribution is 6.09. The smallest absolute Gasteiger partial charge is 0.315 e. The summed E-state index contributed by atoms with van der Waals surface area (Å²) < 4.78 is 10.9. The Morgan fingerprint density at radius 2 is 2.00 bits per heavy atom. The molecule has 26 heavy (non-hydrogen) atoms. The lowest BCUT2D eigenvalue weighted by Gasteiger charge is -2.35. The first kappa shape index (κ1) is 18.4. The zero-order chi connectivity index (χ0) is 18.7. The van der Waals surface area contributed by atoms with Gasteiger partial charge in [-0.15, -0.1) is 0 Å². The molecule has 1 heterocycles. The number of para-hydroxylation sites is 1. The highest BCUT2D eigenvalue weighted by Crippen LogP contribution is 2.46. The van der Waals surface area contributed by atoms with E-state index in [2.05, 4.69) is 0 Å². The SMILES string of the molecule is CCOC(=O)C1C(CC)=NC2=C(C(=O)CCC2)[C@H]1c1ccccc1OC. The lowest BCUT2D eigenvalue weighted by molar-refractivity contribution is -0.146. The molecule has 0 saturated heterocycles. The van der Waals surface area contributed by atoms with Crippen LogP contribution < -0.4 is 4.74 Å². The predicted molar refractivity (Wildman–Crippen MR) is 99.5 cm³/mol. The van der Waals surface area contributed by atoms with Gasteiger partial charge in [-0.25, -0.2) is 0 Å². The number of esters is 1. The first-order valence-corrected chi connectivity index (χ1v) is 9.25. The lowest BCUT2D eigenvalue weighted by Crippen LogP contribution is -2.38. The number of ether oxygens (including phenoxy) is 2. The van der Waals surface area contributed by atoms with E-state index in [1.165, 1.54) is 0 Å². The molecule has 1 unspecified atom stereocenters. The van der Waals surface area contributed by atoms with Gasteiger partial charge in [-0.05, 0) is 32.3 Å². The second-order valence-electron chi connectivity index (χ2n) is 6.54. The molecule has 0 aromatic heterocycles. The molecule has 0 saturated carbocycles. The van der Waals surface area contributed by atoms with Crippen LogP contribution in [-0.2, 0) is 14.3 Å². The van der Waals surface area contributed by atoms with Crippen molar-refractivity contribution < 1.29 is 19.1 Å². The maximum absolute atomic E-state index is 12.9. The van der Waals surface area contributed by atoms with Crippen LogP contribution in [0.1, 0.15) is 51.0 Å². The molecular weight excluding hydrogens is 330 g/mol. The van der Waals surface area contributed by atoms with Crippen LogP contribution in [0.15, 0.2) is 40.5 Å². The Balaban J connectivity index is 2.22. The Labute approximate surface area is 154 Å². The number of methoxy groups -OCH3 is 1. The number of ketones is 1. The Bertz CT molecular complexity index is 778. The Morgan fingerprint density at radius 3 is 2.69 bits per heavy atom. The fourth-order valence-electron chi connectivity index (χ4n) is 3.98. The molecule has 0 N–H and O–H groups in total. The third-order valence-corrected chi connectivity index (χ3v) is 5.09. The van der Waals surface area contributed by atoms with E-state index < -0.39 is 11.8 Å². The van der Waals surface area contributed by atoms with Crippen LogP contribution in [0.5, 0.6) is 5.75 Å². The van der Waals surface area contributed by atoms with Crippen LogP contribution in [0.2, 0.25) is 0 Å². The minimum Gasteiger partial charge on any atom is -0.496 e. The quantitative estimate of drug-likeness (QED) is 0.753. The average Bonchev–Trinajstić information content (AvgIpc) is 2.66. The van der Waals surface area contributed by atoms with Crippen molar-refractivity contribution >= 4 is 17.5 Å². The average molecular weight is 355 g/mol. The summed E-state index contributed by atoms with van der Waals surface area (Å²) in [5.41, 5.74) is 3.12. The third kappa shape index (κ3) is 3.18. The van der Waals surface area contributed by atoms with Gasteiger partial charge in [0, 0.05) is 34.9 Å². The first-order chi connectivity index (χ1) is 12.6. The van der Waals surface area contributed by atoms with Gasteiger partial charge in [0.2, 0.25) is 0 Å². The summed E-state index contributed by atoms with van der Waals surface area (Å²) in [5.74, 6) is -0.559. The second kappa shape index (κ2) is 7.85. The maximum atomic E-state index is 12.9. The van der Waals surface area contributed by atoms with Crippen LogP contribution in [0.4, 0.5) is 0 Å². The minimum atomic E-state index is -0.586. The van der Waals surface area contributed by atoms with Gasteiger partial charge in [0.25, 0.3) is 0 Å². The van der Waals surface area contributed by atoms with E-state index in [0.29, 0.717) is 30.8 Å². The first-order valence-electron chi connectivity index (χ1n) is 9.25. The van der Waals surface area contributed by atoms with Gasteiger partial charge < -0.3 is 9.47 Å². The van der Waals surface area contributed by atoms with Crippen molar-refractivity contribution in [2.45, 2.75) is 45.4 Å². The number of hydrogen-bond donors (Lipinski definition) is 0. The summed E-state index contributed by atoms with van der Waals surface area (Å²) in [6, 6.07) is 7.59. The second-order valence-corrected chi connectivity index (χ2v) is 6.54. The van der Waals surface area contributed by atoms with Crippen molar-refractivity contribution in [2.24, 2.45) is 10.9 Å². The monoisotopic (exact) mass is 355 g/mol. The van der Waals surface area contributed by atoms with Crippen molar-refractivity contribution in [2.75, 3.05) is 13.7 Å². The van der Waals surface area contributed by atoms with Crippen LogP contribution in [0.3, 0.4) is 0 Å². The molecular formula is C21H25NO4. The van der Waals surface area contributed by atoms with E-state index in [0.717, 1.165) is 29.8 Å². The summed E-state index contributed by atoms with van der Waals surface area (Å²) in [6.45, 7) is 4.07. The number of nitrogens with zero attached hydrogens (tertiary/aromatic N) is 1. The molecule has 0 fully saturated rings. The number of aliphatic imine (C=N–C) groups is 1. The topological polar surface area (TPSA) is 65.0 Å². The van der Waals surface area contributed by atoms with Crippen LogP contribution in [-0.4, -0.2) is 31.2 Å². The van der Waals surface area contributed by atoms with Crippen LogP contribution >= 0.6 is 0 Å². The van der Waals surface area contributed by atoms with Gasteiger partial charge in [0.05, 0.1) is 13.7 Å². The van der Waals surface area contributed by atoms with Crippen molar-refractivity contribution in [1.82, 2.24) is 0 Å². The number of benzene rings is 1. The van der Waals surface area contributed by atoms with E-state index in [4.69, 9.17) is 14.5 Å². The molecule has 2 aliphatic rings. The van der Waals surface area contributed by atoms with Crippen molar-refractivity contribution in [1.29, 1.82) is 0 Å². The zero-order valence-corrected chi connectivity index (χ0v) is 15.6. The number of allylic oxidation sites excluding steroid dienone is 2. The molecule has 1 aromatic rings. The standard InChI is InChI=1S/C21H25NO4/c1-4-14-20(21(24)26-5-2)18(13-9-6-7-12-17(13)25-3)19-15(22-14)10-8-11-16(19)23/h6-7,9,12,18,20H,4-5,8,10-11H2,1-3H3/t18-,20?/m1/s1. The number of rotatable bonds is 5. The summed E-state index contributed by atoms with van der Waals surface area (Å²) in [4.78, 5) is 30.4. The van der Waals surface area contributed by atoms with E-state index in [1.54, 1.807) is 14.0 Å². The molecule has 0 amide bonds. The Hall–Kier alpha value is -2.43. The minimum absolute atomic E-state index is 0.0790. The molecule has 1 aromatic carbocycles. The number of Topliss-reactive ketones (excluding diaryl/α,β-unsaturated/α-hetero) is 1. The zero-order valence-electron chi connectivity index (χ0n) is 15.6. The third-order valence-electron chi connectivity index (χ3n) is 5.09. The summed E-state index contributed by atoms with van der Waals surface area (Å²) in [6.07, 6.45) is 2.71. The van der Waals surface area contributed by atoms with Crippen LogP contribution in [0, 0.1) is 5.92 Å². The van der Waals surface area contributed by atoms with E-state index in [9.17, 15) is 9.59 Å². The van der Waals surface area contributed by atoms with Crippen molar-refractivity contribution in [3.8, 4) is 5.75 Å². The number of carbonyl (C=O) groups is 2. The molecule has 2 atom stereocenters. The normalized spacial score (nSPS) is 22.6. The van der Waals surface area contributed by atoms with Gasteiger partial charge in [-0.2, -0.15) is 0 Å². The van der Waals surface area contributed by atoms with Crippen molar-refractivity contribution in [3.63, 3.8) is 0 Å². The molecule has 0 bridgehead atoms. The fraction of sp³-hybridized carbons (Fsp3) is 0.476. The highest BCUT2D eigenvalue weighted by atomic mass is 16.5. The maximum Gasteiger partial charge on any atom is 0.315 e. The Morgan fingerprint density at radius 1 is 1.23 bits per heavy atom. The highest BCUT2D eigenvalue weighted by Gasteiger charge is 2.44. The molecule has 3 rings (SSSR count). The van der Waals surface area contributed by atoms with E-state index in [1.807, 2.05) is 31.2 Å². The molecule has 138 valence electrons. The van der Waals surface area contributed by atoms with E-state index in [-0.39, 0.29) is 11.8 Å². The van der Waals surface area contributed by atoms with Gasteiger partial charge in [-0.3, -0.25) is 14.6 Å². The van der Waals surface area contributed by atoms with E-state index >= 15 is 0 Å². The molecule has 0 spiro atoms. The van der Waals surface area contributed by atoms with Gasteiger partial charge in [0.15, 0.2) is 5.78 Å². The largest absolute Gasteiger partial charge is 0.496 e. The summed E-state index contributed by atoms with van der Waals surface area (Å²) in [7, 11) is 1.60. The molecule has 1 aliphatic carbocycles. The fourth-order valence-corrected chi connectivity index (χ4v) is 3.98.